The Morgan fingerprint density at radius 3 is 2.52 bits per heavy atom. The Kier molecular flexibility index (Phi) is 5.31. The molecule has 0 aliphatic carbocycles. The molecule has 13 heteroatoms. The first-order valence-electron chi connectivity index (χ1n) is 8.79. The molecule has 1 aliphatic heterocycles. The number of carbonyl (C=O) groups is 1. The van der Waals surface area contributed by atoms with Crippen molar-refractivity contribution in [1.29, 1.82) is 0 Å². The van der Waals surface area contributed by atoms with Crippen LogP contribution in [0.3, 0.4) is 0 Å². The van der Waals surface area contributed by atoms with Crippen LogP contribution in [0.1, 0.15) is 5.56 Å². The zero-order valence-electron chi connectivity index (χ0n) is 15.9. The van der Waals surface area contributed by atoms with Crippen molar-refractivity contribution in [1.82, 2.24) is 10.6 Å². The van der Waals surface area contributed by atoms with Crippen molar-refractivity contribution >= 4 is 43.8 Å². The number of non-ortho nitro benzene ring substituents is 1. The summed E-state index contributed by atoms with van der Waals surface area (Å²) in [6, 6.07) is 12.6. The first-order valence-corrected chi connectivity index (χ1v) is 11.2. The fraction of sp³-hybridized carbons (Fsp3) is 0.111. The lowest BCUT2D eigenvalue weighted by atomic mass is 10.1. The number of nitrogens with one attached hydrogen (secondary N) is 2. The van der Waals surface area contributed by atoms with Crippen LogP contribution in [0.25, 0.3) is 11.3 Å². The predicted octanol–water partition coefficient (Wildman–Crippen LogP) is 2.58. The molecule has 31 heavy (non-hydrogen) atoms. The second-order valence-corrected chi connectivity index (χ2v) is 9.16. The molecule has 1 atom stereocenters. The van der Waals surface area contributed by atoms with E-state index in [0.29, 0.717) is 16.9 Å². The van der Waals surface area contributed by atoms with Gasteiger partial charge in [-0.2, -0.15) is 0 Å². The molecule has 0 saturated carbocycles. The summed E-state index contributed by atoms with van der Waals surface area (Å²) in [7, 11) is -4.26. The van der Waals surface area contributed by atoms with Gasteiger partial charge in [0.25, 0.3) is 21.1 Å². The third-order valence-electron chi connectivity index (χ3n) is 4.39. The molecule has 2 aromatic carbocycles. The van der Waals surface area contributed by atoms with Gasteiger partial charge in [-0.05, 0) is 31.2 Å². The lowest BCUT2D eigenvalue weighted by Gasteiger charge is -2.21. The van der Waals surface area contributed by atoms with Crippen molar-refractivity contribution in [2.75, 3.05) is 9.73 Å². The van der Waals surface area contributed by atoms with Gasteiger partial charge in [0.15, 0.2) is 5.13 Å². The van der Waals surface area contributed by atoms with Crippen molar-refractivity contribution < 1.29 is 23.0 Å². The van der Waals surface area contributed by atoms with E-state index in [1.54, 1.807) is 29.6 Å². The lowest BCUT2D eigenvalue weighted by molar-refractivity contribution is -0.384. The number of hydrogen-bond donors (Lipinski definition) is 2. The molecule has 2 heterocycles. The van der Waals surface area contributed by atoms with Gasteiger partial charge in [0, 0.05) is 23.1 Å². The molecular formula is C18H15N5O6S2. The molecule has 1 aromatic heterocycles. The van der Waals surface area contributed by atoms with E-state index in [0.717, 1.165) is 21.9 Å². The fourth-order valence-electron chi connectivity index (χ4n) is 2.84. The Morgan fingerprint density at radius 1 is 1.19 bits per heavy atom. The highest BCUT2D eigenvalue weighted by molar-refractivity contribution is 7.94. The molecule has 1 unspecified atom stereocenters. The number of sulfonamides is 1. The summed E-state index contributed by atoms with van der Waals surface area (Å²) >= 11 is 1.01. The van der Waals surface area contributed by atoms with Crippen LogP contribution in [0.2, 0.25) is 0 Å². The number of anilines is 2. The number of nitro benzene ring substituents is 1. The van der Waals surface area contributed by atoms with Crippen molar-refractivity contribution in [2.24, 2.45) is 0 Å². The van der Waals surface area contributed by atoms with Gasteiger partial charge in [-0.25, -0.2) is 23.2 Å². The monoisotopic (exact) mass is 461 g/mol. The summed E-state index contributed by atoms with van der Waals surface area (Å²) in [6.07, 6.45) is 0. The van der Waals surface area contributed by atoms with Gasteiger partial charge in [0.2, 0.25) is 0 Å². The maximum Gasteiger partial charge on any atom is 0.368 e. The van der Waals surface area contributed by atoms with E-state index in [4.69, 9.17) is 4.84 Å². The van der Waals surface area contributed by atoms with Crippen LogP contribution in [0.5, 0.6) is 0 Å². The van der Waals surface area contributed by atoms with Crippen LogP contribution in [0.4, 0.5) is 16.5 Å². The summed E-state index contributed by atoms with van der Waals surface area (Å²) in [4.78, 5) is 31.4. The molecule has 4 rings (SSSR count). The fourth-order valence-corrected chi connectivity index (χ4v) is 5.09. The van der Waals surface area contributed by atoms with Crippen LogP contribution in [0.15, 0.2) is 53.9 Å². The molecule has 1 fully saturated rings. The van der Waals surface area contributed by atoms with Gasteiger partial charge in [0.05, 0.1) is 16.3 Å². The number of nitro groups is 1. The number of thiazole rings is 1. The van der Waals surface area contributed by atoms with E-state index in [1.807, 2.05) is 6.92 Å². The molecule has 160 valence electrons. The van der Waals surface area contributed by atoms with E-state index in [9.17, 15) is 23.3 Å². The Hall–Kier alpha value is -3.55. The molecule has 0 radical (unpaired) electrons. The number of carbonyl (C=O) groups excluding carboxylic acids is 1. The minimum atomic E-state index is -4.26. The van der Waals surface area contributed by atoms with Gasteiger partial charge >= 0.3 is 5.97 Å². The predicted molar refractivity (Wildman–Crippen MR) is 113 cm³/mol. The van der Waals surface area contributed by atoms with Crippen molar-refractivity contribution in [3.8, 4) is 11.3 Å². The summed E-state index contributed by atoms with van der Waals surface area (Å²) in [5.41, 5.74) is 4.66. The maximum absolute atomic E-state index is 12.9. The van der Waals surface area contributed by atoms with Gasteiger partial charge < -0.3 is 4.84 Å². The first kappa shape index (κ1) is 20.7. The van der Waals surface area contributed by atoms with Crippen LogP contribution in [-0.2, 0) is 19.7 Å². The molecule has 1 aliphatic rings. The number of benzene rings is 2. The van der Waals surface area contributed by atoms with Crippen LogP contribution in [0, 0.1) is 17.0 Å². The Balaban J connectivity index is 1.56. The summed E-state index contributed by atoms with van der Waals surface area (Å²) in [6.45, 7) is 1.88. The van der Waals surface area contributed by atoms with E-state index in [1.165, 1.54) is 24.3 Å². The van der Waals surface area contributed by atoms with Gasteiger partial charge in [-0.3, -0.25) is 14.8 Å². The number of hydrazine groups is 1. The molecule has 11 nitrogen and oxygen atoms in total. The van der Waals surface area contributed by atoms with Crippen molar-refractivity contribution in [3.05, 3.63) is 69.6 Å². The minimum absolute atomic E-state index is 0.0388. The average Bonchev–Trinajstić information content (AvgIpc) is 3.35. The largest absolute Gasteiger partial charge is 0.368 e. The average molecular weight is 461 g/mol. The smallest absolute Gasteiger partial charge is 0.347 e. The van der Waals surface area contributed by atoms with E-state index in [2.05, 4.69) is 15.3 Å². The Bertz CT molecular complexity index is 1240. The summed E-state index contributed by atoms with van der Waals surface area (Å²) in [5.74, 6) is -0.986. The number of nitrogens with zero attached hydrogens (tertiary/aromatic N) is 3. The Morgan fingerprint density at radius 2 is 1.87 bits per heavy atom. The highest BCUT2D eigenvalue weighted by Gasteiger charge is 2.46. The van der Waals surface area contributed by atoms with Crippen LogP contribution >= 0.6 is 11.3 Å². The molecule has 0 spiro atoms. The second kappa shape index (κ2) is 7.94. The standard InChI is InChI=1S/C18H15N5O6S2/c1-11-2-6-13(7-3-11)22-16(17(24)29-21-22)31(27,28)20-18-19-15(10-30-18)12-4-8-14(9-5-12)23(25)26/h2-10,16,21H,1H3,(H,19,20). The van der Waals surface area contributed by atoms with Crippen molar-refractivity contribution in [3.63, 3.8) is 0 Å². The Labute approximate surface area is 180 Å². The maximum atomic E-state index is 12.9. The zero-order chi connectivity index (χ0) is 22.2. The molecule has 0 bridgehead atoms. The minimum Gasteiger partial charge on any atom is -0.347 e. The quantitative estimate of drug-likeness (QED) is 0.418. The van der Waals surface area contributed by atoms with Crippen molar-refractivity contribution in [2.45, 2.75) is 12.3 Å². The van der Waals surface area contributed by atoms with Gasteiger partial charge in [0.1, 0.15) is 0 Å². The lowest BCUT2D eigenvalue weighted by Crippen LogP contribution is -2.46. The molecule has 3 aromatic rings. The van der Waals surface area contributed by atoms with Gasteiger partial charge in [-0.1, -0.05) is 23.3 Å². The van der Waals surface area contributed by atoms with E-state index in [-0.39, 0.29) is 10.8 Å². The SMILES string of the molecule is Cc1ccc(N2NOC(=O)C2S(=O)(=O)Nc2nc(-c3ccc([N+](=O)[O-])cc3)cs2)cc1. The number of aryl methyl sites for hydroxylation is 1. The molecule has 1 saturated heterocycles. The first-order chi connectivity index (χ1) is 14.7. The van der Waals surface area contributed by atoms with Crippen LogP contribution in [-0.4, -0.2) is 29.7 Å². The highest BCUT2D eigenvalue weighted by Crippen LogP contribution is 2.29. The number of aromatic nitrogens is 1. The third-order valence-corrected chi connectivity index (χ3v) is 6.75. The van der Waals surface area contributed by atoms with E-state index >= 15 is 0 Å². The summed E-state index contributed by atoms with van der Waals surface area (Å²) < 4.78 is 28.2. The zero-order valence-corrected chi connectivity index (χ0v) is 17.5. The highest BCUT2D eigenvalue weighted by atomic mass is 32.2. The number of hydrogen-bond acceptors (Lipinski definition) is 10. The third kappa shape index (κ3) is 4.19. The normalized spacial score (nSPS) is 16.2. The van der Waals surface area contributed by atoms with Crippen LogP contribution < -0.4 is 15.3 Å². The molecular weight excluding hydrogens is 446 g/mol. The molecule has 0 amide bonds. The molecule has 2 N–H and O–H groups in total. The van der Waals surface area contributed by atoms with Gasteiger partial charge in [-0.15, -0.1) is 11.3 Å². The second-order valence-electron chi connectivity index (χ2n) is 6.56. The summed E-state index contributed by atoms with van der Waals surface area (Å²) in [5, 5.41) is 11.9. The van der Waals surface area contributed by atoms with E-state index < -0.39 is 26.3 Å². The number of rotatable bonds is 6. The topological polar surface area (TPSA) is 144 Å².